The van der Waals surface area contributed by atoms with Gasteiger partial charge in [-0.3, -0.25) is 9.59 Å². The Balaban J connectivity index is 1.30. The van der Waals surface area contributed by atoms with Gasteiger partial charge >= 0.3 is 0 Å². The molecule has 1 aliphatic carbocycles. The largest absolute Gasteiger partial charge is 0.495 e. The van der Waals surface area contributed by atoms with Crippen LogP contribution in [0, 0.1) is 0 Å². The van der Waals surface area contributed by atoms with E-state index in [0.29, 0.717) is 48.5 Å². The maximum Gasteiger partial charge on any atom is 0.251 e. The highest BCUT2D eigenvalue weighted by Crippen LogP contribution is 2.37. The van der Waals surface area contributed by atoms with Gasteiger partial charge in [-0.15, -0.1) is 0 Å². The van der Waals surface area contributed by atoms with Crippen LogP contribution in [-0.2, 0) is 4.79 Å². The van der Waals surface area contributed by atoms with Crippen molar-refractivity contribution in [3.63, 3.8) is 0 Å². The molecule has 3 heterocycles. The third-order valence-corrected chi connectivity index (χ3v) is 7.96. The minimum absolute atomic E-state index is 0.0718. The number of aromatic nitrogens is 2. The van der Waals surface area contributed by atoms with E-state index >= 15 is 0 Å². The van der Waals surface area contributed by atoms with Crippen LogP contribution in [0.25, 0.3) is 0 Å². The summed E-state index contributed by atoms with van der Waals surface area (Å²) in [6, 6.07) is 5.72. The molecule has 5 rings (SSSR count). The molecule has 204 valence electrons. The second-order valence-electron chi connectivity index (χ2n) is 10.4. The predicted molar refractivity (Wildman–Crippen MR) is 149 cm³/mol. The van der Waals surface area contributed by atoms with Crippen LogP contribution in [-0.4, -0.2) is 79.6 Å². The lowest BCUT2D eigenvalue weighted by atomic mass is 10.1. The van der Waals surface area contributed by atoms with Crippen molar-refractivity contribution in [1.29, 1.82) is 0 Å². The lowest BCUT2D eigenvalue weighted by Crippen LogP contribution is -2.37. The summed E-state index contributed by atoms with van der Waals surface area (Å²) in [5.74, 6) is 1.70. The van der Waals surface area contributed by atoms with E-state index in [0.717, 1.165) is 44.0 Å². The summed E-state index contributed by atoms with van der Waals surface area (Å²) in [5.41, 5.74) is 1.94. The number of carbonyl (C=O) groups is 2. The first-order valence-corrected chi connectivity index (χ1v) is 13.9. The van der Waals surface area contributed by atoms with Crippen LogP contribution in [0.15, 0.2) is 24.4 Å². The molecule has 10 heteroatoms. The Morgan fingerprint density at radius 3 is 2.66 bits per heavy atom. The normalized spacial score (nSPS) is 18.7. The fourth-order valence-electron chi connectivity index (χ4n) is 5.74. The van der Waals surface area contributed by atoms with E-state index in [9.17, 15) is 9.59 Å². The van der Waals surface area contributed by atoms with E-state index in [4.69, 9.17) is 9.72 Å². The number of anilines is 4. The van der Waals surface area contributed by atoms with E-state index < -0.39 is 0 Å². The number of piperidine rings is 1. The van der Waals surface area contributed by atoms with Crippen LogP contribution >= 0.6 is 0 Å². The SMILES string of the molecule is COc1cc(C(=O)NCCN2CCCCC2)ccc1Nc1ncc2c(n1)N(C1CCCC1)CCC(=O)N2C. The first-order chi connectivity index (χ1) is 18.5. The highest BCUT2D eigenvalue weighted by Gasteiger charge is 2.31. The molecule has 1 aromatic carbocycles. The number of likely N-dealkylation sites (tertiary alicyclic amines) is 1. The Labute approximate surface area is 224 Å². The van der Waals surface area contributed by atoms with Crippen molar-refractivity contribution in [3.8, 4) is 5.75 Å². The zero-order valence-corrected chi connectivity index (χ0v) is 22.5. The van der Waals surface area contributed by atoms with Gasteiger partial charge in [-0.2, -0.15) is 4.98 Å². The zero-order chi connectivity index (χ0) is 26.5. The molecule has 2 aromatic rings. The van der Waals surface area contributed by atoms with Crippen LogP contribution in [0.5, 0.6) is 5.75 Å². The van der Waals surface area contributed by atoms with Crippen LogP contribution in [0.4, 0.5) is 23.1 Å². The molecule has 2 N–H and O–H groups in total. The smallest absolute Gasteiger partial charge is 0.251 e. The number of rotatable bonds is 8. The average molecular weight is 522 g/mol. The average Bonchev–Trinajstić information content (AvgIpc) is 3.44. The van der Waals surface area contributed by atoms with Crippen LogP contribution in [0.3, 0.4) is 0 Å². The van der Waals surface area contributed by atoms with Gasteiger partial charge in [0.15, 0.2) is 5.82 Å². The number of benzene rings is 1. The number of amides is 2. The first-order valence-electron chi connectivity index (χ1n) is 13.9. The molecule has 2 fully saturated rings. The van der Waals surface area contributed by atoms with E-state index in [1.165, 1.54) is 32.1 Å². The minimum atomic E-state index is -0.118. The van der Waals surface area contributed by atoms with E-state index in [-0.39, 0.29) is 11.8 Å². The summed E-state index contributed by atoms with van der Waals surface area (Å²) in [5, 5.41) is 6.29. The molecule has 3 aliphatic rings. The number of methoxy groups -OCH3 is 1. The summed E-state index contributed by atoms with van der Waals surface area (Å²) in [4.78, 5) is 41.1. The molecule has 1 saturated carbocycles. The Bertz CT molecular complexity index is 1150. The fraction of sp³-hybridized carbons (Fsp3) is 0.571. The van der Waals surface area contributed by atoms with Gasteiger partial charge in [-0.25, -0.2) is 4.98 Å². The van der Waals surface area contributed by atoms with Gasteiger partial charge in [0, 0.05) is 44.7 Å². The molecule has 0 radical (unpaired) electrons. The van der Waals surface area contributed by atoms with Crippen LogP contribution in [0.2, 0.25) is 0 Å². The minimum Gasteiger partial charge on any atom is -0.495 e. The van der Waals surface area contributed by atoms with Gasteiger partial charge < -0.3 is 30.1 Å². The molecular formula is C28H39N7O3. The molecule has 0 bridgehead atoms. The van der Waals surface area contributed by atoms with Crippen molar-refractivity contribution in [2.45, 2.75) is 57.4 Å². The predicted octanol–water partition coefficient (Wildman–Crippen LogP) is 3.56. The molecule has 2 aliphatic heterocycles. The third kappa shape index (κ3) is 5.85. The molecular weight excluding hydrogens is 482 g/mol. The van der Waals surface area contributed by atoms with Crippen molar-refractivity contribution in [1.82, 2.24) is 20.2 Å². The van der Waals surface area contributed by atoms with Gasteiger partial charge in [-0.1, -0.05) is 19.3 Å². The Kier molecular flexibility index (Phi) is 8.26. The Morgan fingerprint density at radius 1 is 1.11 bits per heavy atom. The number of hydrogen-bond donors (Lipinski definition) is 2. The highest BCUT2D eigenvalue weighted by molar-refractivity contribution is 5.97. The third-order valence-electron chi connectivity index (χ3n) is 7.96. The van der Waals surface area contributed by atoms with Crippen molar-refractivity contribution >= 4 is 35.0 Å². The molecule has 0 atom stereocenters. The number of hydrogen-bond acceptors (Lipinski definition) is 8. The summed E-state index contributed by atoms with van der Waals surface area (Å²) in [6.45, 7) is 4.37. The first kappa shape index (κ1) is 26.2. The quantitative estimate of drug-likeness (QED) is 0.544. The van der Waals surface area contributed by atoms with Crippen molar-refractivity contribution in [3.05, 3.63) is 30.0 Å². The summed E-state index contributed by atoms with van der Waals surface area (Å²) in [6.07, 6.45) is 10.6. The fourth-order valence-corrected chi connectivity index (χ4v) is 5.74. The molecule has 38 heavy (non-hydrogen) atoms. The maximum absolute atomic E-state index is 12.8. The molecule has 0 unspecified atom stereocenters. The standard InChI is InChI=1S/C28H39N7O3/c1-33-23-19-30-28(32-26(23)35(16-12-25(33)36)21-8-4-5-9-21)31-22-11-10-20(18-24(22)38-2)27(37)29-13-17-34-14-6-3-7-15-34/h10-11,18-19,21H,3-9,12-17H2,1-2H3,(H,29,37)(H,30,31,32). The van der Waals surface area contributed by atoms with Crippen molar-refractivity contribution in [2.75, 3.05) is 62.0 Å². The van der Waals surface area contributed by atoms with Crippen LogP contribution in [0.1, 0.15) is 61.7 Å². The molecule has 2 amide bonds. The lowest BCUT2D eigenvalue weighted by Gasteiger charge is -2.30. The summed E-state index contributed by atoms with van der Waals surface area (Å²) >= 11 is 0. The highest BCUT2D eigenvalue weighted by atomic mass is 16.5. The number of fused-ring (bicyclic) bond motifs is 1. The number of carbonyl (C=O) groups excluding carboxylic acids is 2. The van der Waals surface area contributed by atoms with Gasteiger partial charge in [0.1, 0.15) is 11.4 Å². The van der Waals surface area contributed by atoms with E-state index in [1.807, 2.05) is 6.07 Å². The number of ether oxygens (including phenoxy) is 1. The van der Waals surface area contributed by atoms with Gasteiger partial charge in [0.25, 0.3) is 5.91 Å². The van der Waals surface area contributed by atoms with Crippen molar-refractivity contribution in [2.24, 2.45) is 0 Å². The van der Waals surface area contributed by atoms with Crippen LogP contribution < -0.4 is 25.2 Å². The van der Waals surface area contributed by atoms with Crippen molar-refractivity contribution < 1.29 is 14.3 Å². The van der Waals surface area contributed by atoms with Gasteiger partial charge in [0.05, 0.1) is 19.0 Å². The molecule has 10 nitrogen and oxygen atoms in total. The topological polar surface area (TPSA) is 103 Å². The lowest BCUT2D eigenvalue weighted by molar-refractivity contribution is -0.118. The second-order valence-corrected chi connectivity index (χ2v) is 10.4. The van der Waals surface area contributed by atoms with E-state index in [2.05, 4.69) is 25.4 Å². The summed E-state index contributed by atoms with van der Waals surface area (Å²) in [7, 11) is 3.37. The molecule has 1 saturated heterocycles. The second kappa shape index (κ2) is 12.0. The number of nitrogens with zero attached hydrogens (tertiary/aromatic N) is 5. The van der Waals surface area contributed by atoms with Gasteiger partial charge in [-0.05, 0) is 57.0 Å². The zero-order valence-electron chi connectivity index (χ0n) is 22.5. The number of nitrogens with one attached hydrogen (secondary N) is 2. The maximum atomic E-state index is 12.8. The van der Waals surface area contributed by atoms with E-state index in [1.54, 1.807) is 37.4 Å². The monoisotopic (exact) mass is 521 g/mol. The summed E-state index contributed by atoms with van der Waals surface area (Å²) < 4.78 is 5.60. The molecule has 0 spiro atoms. The molecule has 1 aromatic heterocycles. The Hall–Kier alpha value is -3.40. The van der Waals surface area contributed by atoms with Gasteiger partial charge in [0.2, 0.25) is 11.9 Å². The Morgan fingerprint density at radius 2 is 1.89 bits per heavy atom.